The van der Waals surface area contributed by atoms with Crippen LogP contribution < -0.4 is 4.74 Å². The standard InChI is InChI=1S/C14H21ClN4O/c1-5-10(9(2)3)19-11(6-7-15)18-12-13(19)16-8-17-14(12)20-4/h8-10H,5-7H2,1-4H3. The van der Waals surface area contributed by atoms with Gasteiger partial charge in [0.1, 0.15) is 12.2 Å². The molecule has 5 nitrogen and oxygen atoms in total. The number of imidazole rings is 1. The van der Waals surface area contributed by atoms with E-state index in [1.165, 1.54) is 6.33 Å². The first kappa shape index (κ1) is 15.0. The Balaban J connectivity index is 2.68. The van der Waals surface area contributed by atoms with Crippen molar-refractivity contribution in [2.45, 2.75) is 39.7 Å². The maximum atomic E-state index is 5.92. The SMILES string of the molecule is CCC(C(C)C)n1c(CCCl)nc2c(OC)ncnc21. The summed E-state index contributed by atoms with van der Waals surface area (Å²) in [6, 6.07) is 0.345. The van der Waals surface area contributed by atoms with Crippen LogP contribution in [0.1, 0.15) is 39.1 Å². The molecule has 0 aliphatic heterocycles. The summed E-state index contributed by atoms with van der Waals surface area (Å²) in [6.07, 6.45) is 3.26. The average molecular weight is 297 g/mol. The molecule has 6 heteroatoms. The molecule has 2 aromatic heterocycles. The van der Waals surface area contributed by atoms with Crippen LogP contribution in [0, 0.1) is 5.92 Å². The van der Waals surface area contributed by atoms with Gasteiger partial charge in [0, 0.05) is 18.3 Å². The van der Waals surface area contributed by atoms with Crippen LogP contribution in [-0.2, 0) is 6.42 Å². The third-order valence-corrected chi connectivity index (χ3v) is 3.74. The Bertz CT molecular complexity index is 582. The van der Waals surface area contributed by atoms with Crippen LogP contribution in [0.4, 0.5) is 0 Å². The zero-order valence-electron chi connectivity index (χ0n) is 12.4. The third kappa shape index (κ3) is 2.59. The normalized spacial score (nSPS) is 13.1. The van der Waals surface area contributed by atoms with Gasteiger partial charge in [-0.2, -0.15) is 4.98 Å². The van der Waals surface area contributed by atoms with Crippen LogP contribution >= 0.6 is 11.6 Å². The van der Waals surface area contributed by atoms with E-state index in [1.807, 2.05) is 0 Å². The molecule has 1 unspecified atom stereocenters. The van der Waals surface area contributed by atoms with Crippen molar-refractivity contribution in [3.05, 3.63) is 12.2 Å². The highest BCUT2D eigenvalue weighted by Gasteiger charge is 2.23. The minimum absolute atomic E-state index is 0.345. The highest BCUT2D eigenvalue weighted by molar-refractivity contribution is 6.17. The summed E-state index contributed by atoms with van der Waals surface area (Å²) in [5.74, 6) is 2.50. The Morgan fingerprint density at radius 1 is 1.35 bits per heavy atom. The Morgan fingerprint density at radius 3 is 2.65 bits per heavy atom. The fourth-order valence-corrected chi connectivity index (χ4v) is 2.81. The maximum Gasteiger partial charge on any atom is 0.245 e. The highest BCUT2D eigenvalue weighted by Crippen LogP contribution is 2.30. The molecule has 0 amide bonds. The van der Waals surface area contributed by atoms with Gasteiger partial charge in [-0.25, -0.2) is 9.97 Å². The molecule has 0 saturated heterocycles. The van der Waals surface area contributed by atoms with E-state index >= 15 is 0 Å². The molecule has 20 heavy (non-hydrogen) atoms. The van der Waals surface area contributed by atoms with Crippen molar-refractivity contribution in [2.75, 3.05) is 13.0 Å². The third-order valence-electron chi connectivity index (χ3n) is 3.55. The molecular formula is C14H21ClN4O. The summed E-state index contributed by atoms with van der Waals surface area (Å²) in [5.41, 5.74) is 1.55. The van der Waals surface area contributed by atoms with E-state index in [2.05, 4.69) is 40.3 Å². The van der Waals surface area contributed by atoms with E-state index in [1.54, 1.807) is 7.11 Å². The van der Waals surface area contributed by atoms with Crippen molar-refractivity contribution in [1.29, 1.82) is 0 Å². The molecule has 1 atom stereocenters. The molecule has 0 aliphatic rings. The lowest BCUT2D eigenvalue weighted by atomic mass is 10.0. The van der Waals surface area contributed by atoms with Crippen LogP contribution in [0.15, 0.2) is 6.33 Å². The fraction of sp³-hybridized carbons (Fsp3) is 0.643. The summed E-state index contributed by atoms with van der Waals surface area (Å²) < 4.78 is 7.49. The molecule has 2 aromatic rings. The van der Waals surface area contributed by atoms with Crippen LogP contribution in [0.25, 0.3) is 11.2 Å². The Hall–Kier alpha value is -1.36. The number of hydrogen-bond donors (Lipinski definition) is 0. The number of methoxy groups -OCH3 is 1. The molecule has 110 valence electrons. The van der Waals surface area contributed by atoms with Gasteiger partial charge < -0.3 is 9.30 Å². The van der Waals surface area contributed by atoms with Gasteiger partial charge in [0.15, 0.2) is 11.2 Å². The minimum atomic E-state index is 0.345. The maximum absolute atomic E-state index is 5.92. The van der Waals surface area contributed by atoms with Gasteiger partial charge in [0.2, 0.25) is 5.88 Å². The number of ether oxygens (including phenoxy) is 1. The van der Waals surface area contributed by atoms with E-state index in [-0.39, 0.29) is 0 Å². The number of halogens is 1. The van der Waals surface area contributed by atoms with Crippen LogP contribution in [0.5, 0.6) is 5.88 Å². The number of fused-ring (bicyclic) bond motifs is 1. The first-order valence-corrected chi connectivity index (χ1v) is 7.49. The predicted octanol–water partition coefficient (Wildman–Crippen LogP) is 3.22. The summed E-state index contributed by atoms with van der Waals surface area (Å²) in [7, 11) is 1.60. The Labute approximate surface area is 124 Å². The fourth-order valence-electron chi connectivity index (χ4n) is 2.64. The molecule has 0 spiro atoms. The zero-order valence-corrected chi connectivity index (χ0v) is 13.2. The molecule has 0 saturated carbocycles. The number of alkyl halides is 1. The van der Waals surface area contributed by atoms with E-state index in [0.717, 1.165) is 17.9 Å². The lowest BCUT2D eigenvalue weighted by Gasteiger charge is -2.23. The quantitative estimate of drug-likeness (QED) is 0.768. The number of nitrogens with zero attached hydrogens (tertiary/aromatic N) is 4. The monoisotopic (exact) mass is 296 g/mol. The Kier molecular flexibility index (Phi) is 4.81. The van der Waals surface area contributed by atoms with E-state index in [0.29, 0.717) is 35.7 Å². The number of aryl methyl sites for hydroxylation is 1. The second-order valence-electron chi connectivity index (χ2n) is 5.11. The average Bonchev–Trinajstić information content (AvgIpc) is 2.78. The summed E-state index contributed by atoms with van der Waals surface area (Å²) >= 11 is 5.92. The summed E-state index contributed by atoms with van der Waals surface area (Å²) in [6.45, 7) is 6.60. The van der Waals surface area contributed by atoms with Crippen LogP contribution in [0.2, 0.25) is 0 Å². The first-order chi connectivity index (χ1) is 9.63. The second kappa shape index (κ2) is 6.39. The van der Waals surface area contributed by atoms with Crippen molar-refractivity contribution in [1.82, 2.24) is 19.5 Å². The lowest BCUT2D eigenvalue weighted by Crippen LogP contribution is -2.17. The van der Waals surface area contributed by atoms with Gasteiger partial charge in [-0.3, -0.25) is 0 Å². The number of rotatable bonds is 6. The second-order valence-corrected chi connectivity index (χ2v) is 5.49. The van der Waals surface area contributed by atoms with Crippen molar-refractivity contribution in [2.24, 2.45) is 5.92 Å². The molecule has 0 aliphatic carbocycles. The van der Waals surface area contributed by atoms with Gasteiger partial charge in [-0.1, -0.05) is 20.8 Å². The van der Waals surface area contributed by atoms with Crippen molar-refractivity contribution in [3.8, 4) is 5.88 Å². The van der Waals surface area contributed by atoms with Gasteiger partial charge in [-0.05, 0) is 12.3 Å². The molecule has 0 radical (unpaired) electrons. The molecular weight excluding hydrogens is 276 g/mol. The van der Waals surface area contributed by atoms with Gasteiger partial charge in [0.25, 0.3) is 0 Å². The largest absolute Gasteiger partial charge is 0.479 e. The van der Waals surface area contributed by atoms with E-state index in [9.17, 15) is 0 Å². The summed E-state index contributed by atoms with van der Waals surface area (Å²) in [5, 5.41) is 0. The van der Waals surface area contributed by atoms with Crippen LogP contribution in [0.3, 0.4) is 0 Å². The van der Waals surface area contributed by atoms with Gasteiger partial charge in [0.05, 0.1) is 7.11 Å². The molecule has 2 heterocycles. The number of hydrogen-bond acceptors (Lipinski definition) is 4. The van der Waals surface area contributed by atoms with Crippen LogP contribution in [-0.4, -0.2) is 32.5 Å². The van der Waals surface area contributed by atoms with Gasteiger partial charge >= 0.3 is 0 Å². The van der Waals surface area contributed by atoms with Crippen molar-refractivity contribution in [3.63, 3.8) is 0 Å². The van der Waals surface area contributed by atoms with Crippen molar-refractivity contribution >= 4 is 22.8 Å². The number of aromatic nitrogens is 4. The van der Waals surface area contributed by atoms with E-state index < -0.39 is 0 Å². The molecule has 0 bridgehead atoms. The minimum Gasteiger partial charge on any atom is -0.479 e. The topological polar surface area (TPSA) is 52.8 Å². The smallest absolute Gasteiger partial charge is 0.245 e. The van der Waals surface area contributed by atoms with Crippen molar-refractivity contribution < 1.29 is 4.74 Å². The Morgan fingerprint density at radius 2 is 2.10 bits per heavy atom. The molecule has 0 aromatic carbocycles. The molecule has 0 fully saturated rings. The lowest BCUT2D eigenvalue weighted by molar-refractivity contribution is 0.363. The first-order valence-electron chi connectivity index (χ1n) is 6.95. The summed E-state index contributed by atoms with van der Waals surface area (Å²) in [4.78, 5) is 13.2. The zero-order chi connectivity index (χ0) is 14.7. The highest BCUT2D eigenvalue weighted by atomic mass is 35.5. The molecule has 2 rings (SSSR count). The molecule has 0 N–H and O–H groups in total. The van der Waals surface area contributed by atoms with Gasteiger partial charge in [-0.15, -0.1) is 11.6 Å². The predicted molar refractivity (Wildman–Crippen MR) is 80.5 cm³/mol. The van der Waals surface area contributed by atoms with E-state index in [4.69, 9.17) is 16.3 Å².